The summed E-state index contributed by atoms with van der Waals surface area (Å²) in [7, 11) is -8.30. The second-order valence-electron chi connectivity index (χ2n) is 12.9. The summed E-state index contributed by atoms with van der Waals surface area (Å²) in [5, 5.41) is 17.6. The summed E-state index contributed by atoms with van der Waals surface area (Å²) in [6, 6.07) is 9.66. The Kier molecular flexibility index (Phi) is 19.6. The second kappa shape index (κ2) is 24.8. The third kappa shape index (κ3) is 16.1. The zero-order valence-corrected chi connectivity index (χ0v) is 37.3. The largest absolute Gasteiger partial charge is 0.521 e. The van der Waals surface area contributed by atoms with E-state index >= 15 is 0 Å². The molecule has 0 radical (unpaired) electrons. The van der Waals surface area contributed by atoms with Gasteiger partial charge in [0.25, 0.3) is 17.4 Å². The van der Waals surface area contributed by atoms with Gasteiger partial charge < -0.3 is 36.3 Å². The molecule has 7 N–H and O–H groups in total. The zero-order valence-electron chi connectivity index (χ0n) is 35.5. The SMILES string of the molecule is CCOP(=O)(OCC)OCC(CNC(=O)c1ccccc1OC(=O)OC(=O)CC[C@@H](NC(=O)c1ccc(NCc2cnc3nc(N)[nH]c(=O)c3n2)cc1)C(=O)O)OP(=O)(OCC)OCC. The fourth-order valence-corrected chi connectivity index (χ4v) is 7.91. The molecular weight excluding hydrogens is 902 g/mol. The minimum absolute atomic E-state index is 0.00216. The maximum absolute atomic E-state index is 13.3. The summed E-state index contributed by atoms with van der Waals surface area (Å²) in [5.74, 6) is -4.78. The number of carbonyl (C=O) groups excluding carboxylic acids is 4. The summed E-state index contributed by atoms with van der Waals surface area (Å²) in [4.78, 5) is 90.2. The number of phosphoric acid groups is 2. The number of carboxylic acid groups (broad SMARTS) is 1. The van der Waals surface area contributed by atoms with Crippen molar-refractivity contribution in [2.24, 2.45) is 0 Å². The molecule has 4 rings (SSSR count). The van der Waals surface area contributed by atoms with E-state index in [-0.39, 0.29) is 67.0 Å². The highest BCUT2D eigenvalue weighted by atomic mass is 31.2. The summed E-state index contributed by atoms with van der Waals surface area (Å²) in [5.41, 5.74) is 5.86. The predicted octanol–water partition coefficient (Wildman–Crippen LogP) is 4.11. The van der Waals surface area contributed by atoms with Crippen LogP contribution >= 0.6 is 15.6 Å². The molecule has 25 nitrogen and oxygen atoms in total. The molecule has 352 valence electrons. The first-order valence-corrected chi connectivity index (χ1v) is 22.7. The molecule has 0 saturated heterocycles. The van der Waals surface area contributed by atoms with Crippen LogP contribution in [-0.2, 0) is 57.1 Å². The lowest BCUT2D eigenvalue weighted by atomic mass is 10.1. The Morgan fingerprint density at radius 2 is 1.49 bits per heavy atom. The van der Waals surface area contributed by atoms with Gasteiger partial charge in [-0.2, -0.15) is 4.98 Å². The topological polar surface area (TPSA) is 347 Å². The number of esters is 1. The van der Waals surface area contributed by atoms with Gasteiger partial charge in [0.05, 0.1) is 57.0 Å². The number of fused-ring (bicyclic) bond motifs is 1. The lowest BCUT2D eigenvalue weighted by Crippen LogP contribution is -2.41. The van der Waals surface area contributed by atoms with Crippen LogP contribution in [0.5, 0.6) is 5.75 Å². The number of anilines is 2. The molecule has 0 aliphatic rings. The summed E-state index contributed by atoms with van der Waals surface area (Å²) >= 11 is 0. The molecule has 65 heavy (non-hydrogen) atoms. The molecule has 1 unspecified atom stereocenters. The number of phosphoric ester groups is 2. The standard InChI is InChI=1S/C38H48N8O17P2/c1-5-56-64(54,57-6-2)60-22-26(63-65(55,58-7-3)59-8-4)21-42-34(49)27-11-9-10-12-29(27)61-38(53)62-30(47)18-17-28(36(51)52)44-33(48)23-13-15-24(16-14-23)40-19-25-20-41-32-31(43-25)35(50)46-37(39)45-32/h9-16,20,26,28,40H,5-8,17-19,21-22H2,1-4H3,(H,42,49)(H,44,48)(H,51,52)(H3,39,41,45,46,50)/t26?,28-/m1/s1. The van der Waals surface area contributed by atoms with Gasteiger partial charge >= 0.3 is 33.7 Å². The van der Waals surface area contributed by atoms with Crippen molar-refractivity contribution < 1.29 is 74.8 Å². The number of nitrogen functional groups attached to an aromatic ring is 1. The first kappa shape index (κ1) is 51.5. The predicted molar refractivity (Wildman–Crippen MR) is 228 cm³/mol. The van der Waals surface area contributed by atoms with Crippen LogP contribution in [0, 0.1) is 0 Å². The number of hydrogen-bond donors (Lipinski definition) is 6. The van der Waals surface area contributed by atoms with Gasteiger partial charge in [-0.05, 0) is 70.5 Å². The highest BCUT2D eigenvalue weighted by molar-refractivity contribution is 7.48. The van der Waals surface area contributed by atoms with Gasteiger partial charge in [0.1, 0.15) is 17.9 Å². The van der Waals surface area contributed by atoms with Crippen molar-refractivity contribution in [3.05, 3.63) is 81.9 Å². The number of H-pyrrole nitrogens is 1. The number of ether oxygens (including phenoxy) is 2. The first-order chi connectivity index (χ1) is 31.0. The van der Waals surface area contributed by atoms with Gasteiger partial charge in [0, 0.05) is 24.2 Å². The molecular formula is C38H48N8O17P2. The zero-order chi connectivity index (χ0) is 47.6. The van der Waals surface area contributed by atoms with Gasteiger partial charge in [-0.15, -0.1) is 0 Å². The van der Waals surface area contributed by atoms with Gasteiger partial charge in [-0.25, -0.2) is 28.7 Å². The van der Waals surface area contributed by atoms with E-state index in [1.54, 1.807) is 39.8 Å². The number of para-hydroxylation sites is 1. The number of benzene rings is 2. The smallest absolute Gasteiger partial charge is 0.480 e. The minimum atomic E-state index is -4.21. The first-order valence-electron chi connectivity index (χ1n) is 19.8. The van der Waals surface area contributed by atoms with Gasteiger partial charge in [0.15, 0.2) is 11.2 Å². The van der Waals surface area contributed by atoms with Crippen LogP contribution in [0.4, 0.5) is 16.4 Å². The molecule has 0 spiro atoms. The number of amides is 2. The van der Waals surface area contributed by atoms with Crippen LogP contribution in [0.3, 0.4) is 0 Å². The lowest BCUT2D eigenvalue weighted by molar-refractivity contribution is -0.141. The fourth-order valence-electron chi connectivity index (χ4n) is 5.37. The van der Waals surface area contributed by atoms with Crippen LogP contribution in [0.2, 0.25) is 0 Å². The molecule has 27 heteroatoms. The van der Waals surface area contributed by atoms with Crippen LogP contribution in [-0.4, -0.2) is 107 Å². The van der Waals surface area contributed by atoms with Gasteiger partial charge in [0.2, 0.25) is 5.95 Å². The normalized spacial score (nSPS) is 12.5. The Labute approximate surface area is 370 Å². The van der Waals surface area contributed by atoms with Crippen LogP contribution in [0.15, 0.2) is 59.5 Å². The molecule has 0 aliphatic heterocycles. The molecule has 0 aliphatic carbocycles. The van der Waals surface area contributed by atoms with E-state index in [9.17, 15) is 43.0 Å². The number of hydrogen-bond acceptors (Lipinski definition) is 21. The van der Waals surface area contributed by atoms with Crippen LogP contribution in [0.25, 0.3) is 11.2 Å². The van der Waals surface area contributed by atoms with E-state index in [0.29, 0.717) is 11.4 Å². The molecule has 0 saturated carbocycles. The summed E-state index contributed by atoms with van der Waals surface area (Å²) in [6.07, 6.45) is -2.61. The van der Waals surface area contributed by atoms with Crippen molar-refractivity contribution in [3.8, 4) is 5.75 Å². The van der Waals surface area contributed by atoms with Crippen LogP contribution in [0.1, 0.15) is 66.9 Å². The summed E-state index contributed by atoms with van der Waals surface area (Å²) in [6.45, 7) is 5.10. The van der Waals surface area contributed by atoms with E-state index in [0.717, 1.165) is 0 Å². The maximum atomic E-state index is 13.3. The van der Waals surface area contributed by atoms with Gasteiger partial charge in [-0.3, -0.25) is 51.3 Å². The molecule has 2 heterocycles. The number of nitrogens with zero attached hydrogens (tertiary/aromatic N) is 3. The highest BCUT2D eigenvalue weighted by Crippen LogP contribution is 2.52. The lowest BCUT2D eigenvalue weighted by Gasteiger charge is -2.25. The number of nitrogens with one attached hydrogen (secondary N) is 4. The van der Waals surface area contributed by atoms with Crippen LogP contribution < -0.4 is 32.0 Å². The van der Waals surface area contributed by atoms with Gasteiger partial charge in [-0.1, -0.05) is 12.1 Å². The minimum Gasteiger partial charge on any atom is -0.480 e. The average molecular weight is 951 g/mol. The molecule has 0 fully saturated rings. The van der Waals surface area contributed by atoms with Crippen molar-refractivity contribution >= 4 is 68.4 Å². The molecule has 0 bridgehead atoms. The van der Waals surface area contributed by atoms with Crippen molar-refractivity contribution in [3.63, 3.8) is 0 Å². The van der Waals surface area contributed by atoms with Crippen molar-refractivity contribution in [1.82, 2.24) is 30.6 Å². The Balaban J connectivity index is 1.30. The van der Waals surface area contributed by atoms with Crippen molar-refractivity contribution in [2.45, 2.75) is 59.2 Å². The van der Waals surface area contributed by atoms with E-state index in [1.165, 1.54) is 42.6 Å². The maximum Gasteiger partial charge on any atom is 0.521 e. The quantitative estimate of drug-likeness (QED) is 0.0223. The average Bonchev–Trinajstić information content (AvgIpc) is 3.25. The Morgan fingerprint density at radius 1 is 0.846 bits per heavy atom. The summed E-state index contributed by atoms with van der Waals surface area (Å²) < 4.78 is 67.4. The number of carboxylic acids is 1. The monoisotopic (exact) mass is 950 g/mol. The number of aromatic amines is 1. The molecule has 2 amide bonds. The van der Waals surface area contributed by atoms with Crippen molar-refractivity contribution in [2.75, 3.05) is 50.6 Å². The molecule has 4 aromatic rings. The highest BCUT2D eigenvalue weighted by Gasteiger charge is 2.34. The fraction of sp³-hybridized carbons (Fsp3) is 0.395. The molecule has 2 atom stereocenters. The molecule has 2 aromatic heterocycles. The second-order valence-corrected chi connectivity index (χ2v) is 16.2. The Bertz CT molecular complexity index is 2440. The number of aliphatic carboxylic acids is 1. The Morgan fingerprint density at radius 3 is 2.14 bits per heavy atom. The molecule has 2 aromatic carbocycles. The third-order valence-electron chi connectivity index (χ3n) is 8.21. The van der Waals surface area contributed by atoms with E-state index in [4.69, 9.17) is 37.6 Å². The van der Waals surface area contributed by atoms with E-state index in [2.05, 4.69) is 40.6 Å². The van der Waals surface area contributed by atoms with E-state index < -0.39 is 89.3 Å². The number of aromatic nitrogens is 4. The Hall–Kier alpha value is -6.17. The number of nitrogens with two attached hydrogens (primary N) is 1. The van der Waals surface area contributed by atoms with Crippen molar-refractivity contribution in [1.29, 1.82) is 0 Å². The van der Waals surface area contributed by atoms with E-state index in [1.807, 2.05) is 0 Å². The third-order valence-corrected chi connectivity index (χ3v) is 11.5. The number of carbonyl (C=O) groups is 5. The number of rotatable bonds is 26.